The van der Waals surface area contributed by atoms with E-state index in [9.17, 15) is 23.3 Å². The largest absolute Gasteiger partial charge is 0.457 e. The molecule has 0 unspecified atom stereocenters. The summed E-state index contributed by atoms with van der Waals surface area (Å²) in [6, 6.07) is 20.9. The second-order valence-electron chi connectivity index (χ2n) is 7.39. The topological polar surface area (TPSA) is 110 Å². The molecule has 0 N–H and O–H groups in total. The molecule has 3 aromatic rings. The van der Waals surface area contributed by atoms with Gasteiger partial charge in [0.2, 0.25) is 10.0 Å². The van der Waals surface area contributed by atoms with Gasteiger partial charge in [-0.15, -0.1) is 0 Å². The molecule has 1 heterocycles. The summed E-state index contributed by atoms with van der Waals surface area (Å²) in [5.74, 6) is 1.12. The Labute approximate surface area is 191 Å². The first kappa shape index (κ1) is 22.4. The molecule has 0 radical (unpaired) electrons. The van der Waals surface area contributed by atoms with Crippen LogP contribution in [0.3, 0.4) is 0 Å². The van der Waals surface area contributed by atoms with E-state index in [0.29, 0.717) is 17.1 Å². The lowest BCUT2D eigenvalue weighted by molar-refractivity contribution is -0.384. The first-order valence-electron chi connectivity index (χ1n) is 10.2. The fraction of sp³-hybridized carbons (Fsp3) is 0.174. The van der Waals surface area contributed by atoms with Crippen LogP contribution in [0.4, 0.5) is 5.69 Å². The molecule has 9 nitrogen and oxygen atoms in total. The number of carbonyl (C=O) groups is 1. The molecule has 1 fully saturated rings. The van der Waals surface area contributed by atoms with Crippen LogP contribution in [0.15, 0.2) is 83.8 Å². The number of carbonyl (C=O) groups excluding carboxylic acids is 1. The summed E-state index contributed by atoms with van der Waals surface area (Å²) in [6.07, 6.45) is 0. The van der Waals surface area contributed by atoms with E-state index in [4.69, 9.17) is 4.74 Å². The maximum absolute atomic E-state index is 12.9. The Hall–Kier alpha value is -3.76. The minimum atomic E-state index is -3.80. The molecule has 3 aromatic carbocycles. The van der Waals surface area contributed by atoms with Gasteiger partial charge in [-0.25, -0.2) is 8.42 Å². The van der Waals surface area contributed by atoms with Gasteiger partial charge in [-0.2, -0.15) is 4.31 Å². The first-order chi connectivity index (χ1) is 15.8. The molecule has 1 aliphatic heterocycles. The normalized spacial score (nSPS) is 14.6. The number of hydrogen-bond donors (Lipinski definition) is 0. The van der Waals surface area contributed by atoms with Crippen molar-refractivity contribution in [1.29, 1.82) is 0 Å². The SMILES string of the molecule is O=C(c1ccc(Oc2ccccc2)cc1)N1CCN(S(=O)(=O)c2ccc([N+](=O)[O-])cc2)CC1. The van der Waals surface area contributed by atoms with Crippen molar-refractivity contribution in [3.05, 3.63) is 94.5 Å². The van der Waals surface area contributed by atoms with Gasteiger partial charge in [-0.3, -0.25) is 14.9 Å². The van der Waals surface area contributed by atoms with E-state index in [1.165, 1.54) is 16.4 Å². The molecule has 10 heteroatoms. The third-order valence-corrected chi connectivity index (χ3v) is 7.20. The summed E-state index contributed by atoms with van der Waals surface area (Å²) in [7, 11) is -3.80. The number of piperazine rings is 1. The zero-order valence-corrected chi connectivity index (χ0v) is 18.3. The molecule has 4 rings (SSSR count). The van der Waals surface area contributed by atoms with E-state index in [0.717, 1.165) is 12.1 Å². The number of nitrogens with zero attached hydrogens (tertiary/aromatic N) is 3. The van der Waals surface area contributed by atoms with Gasteiger partial charge in [0.1, 0.15) is 11.5 Å². The van der Waals surface area contributed by atoms with Crippen molar-refractivity contribution in [2.45, 2.75) is 4.90 Å². The van der Waals surface area contributed by atoms with Crippen molar-refractivity contribution in [1.82, 2.24) is 9.21 Å². The lowest BCUT2D eigenvalue weighted by Crippen LogP contribution is -2.50. The molecule has 0 aromatic heterocycles. The standard InChI is InChI=1S/C23H21N3O6S/c27-23(18-6-10-21(11-7-18)32-20-4-2-1-3-5-20)24-14-16-25(17-15-24)33(30,31)22-12-8-19(9-13-22)26(28)29/h1-13H,14-17H2. The van der Waals surface area contributed by atoms with Gasteiger partial charge < -0.3 is 9.64 Å². The molecule has 33 heavy (non-hydrogen) atoms. The highest BCUT2D eigenvalue weighted by molar-refractivity contribution is 7.89. The average molecular weight is 468 g/mol. The number of ether oxygens (including phenoxy) is 1. The minimum absolute atomic E-state index is 0.0121. The molecular formula is C23H21N3O6S. The van der Waals surface area contributed by atoms with E-state index in [1.807, 2.05) is 30.3 Å². The number of benzene rings is 3. The Morgan fingerprint density at radius 1 is 0.818 bits per heavy atom. The second-order valence-corrected chi connectivity index (χ2v) is 9.32. The van der Waals surface area contributed by atoms with Crippen LogP contribution >= 0.6 is 0 Å². The molecular weight excluding hydrogens is 446 g/mol. The molecule has 0 bridgehead atoms. The smallest absolute Gasteiger partial charge is 0.269 e. The van der Waals surface area contributed by atoms with Gasteiger partial charge in [0, 0.05) is 43.9 Å². The zero-order valence-electron chi connectivity index (χ0n) is 17.5. The van der Waals surface area contributed by atoms with Crippen LogP contribution in [0.25, 0.3) is 0 Å². The van der Waals surface area contributed by atoms with Gasteiger partial charge in [-0.05, 0) is 48.5 Å². The highest BCUT2D eigenvalue weighted by Gasteiger charge is 2.30. The summed E-state index contributed by atoms with van der Waals surface area (Å²) in [6.45, 7) is 0.765. The fourth-order valence-corrected chi connectivity index (χ4v) is 4.92. The van der Waals surface area contributed by atoms with Gasteiger partial charge in [-0.1, -0.05) is 18.2 Å². The van der Waals surface area contributed by atoms with Crippen LogP contribution < -0.4 is 4.74 Å². The first-order valence-corrected chi connectivity index (χ1v) is 11.7. The van der Waals surface area contributed by atoms with E-state index in [-0.39, 0.29) is 42.7 Å². The van der Waals surface area contributed by atoms with Crippen molar-refractivity contribution in [2.75, 3.05) is 26.2 Å². The monoisotopic (exact) mass is 467 g/mol. The predicted octanol–water partition coefficient (Wildman–Crippen LogP) is 3.53. The fourth-order valence-electron chi connectivity index (χ4n) is 3.49. The Kier molecular flexibility index (Phi) is 6.38. The van der Waals surface area contributed by atoms with Crippen molar-refractivity contribution in [3.8, 4) is 11.5 Å². The highest BCUT2D eigenvalue weighted by Crippen LogP contribution is 2.23. The van der Waals surface area contributed by atoms with Gasteiger partial charge in [0.25, 0.3) is 11.6 Å². The third kappa shape index (κ3) is 5.02. The van der Waals surface area contributed by atoms with Gasteiger partial charge in [0.05, 0.1) is 9.82 Å². The Morgan fingerprint density at radius 3 is 1.97 bits per heavy atom. The van der Waals surface area contributed by atoms with E-state index in [1.54, 1.807) is 29.2 Å². The van der Waals surface area contributed by atoms with Crippen molar-refractivity contribution in [2.24, 2.45) is 0 Å². The summed E-state index contributed by atoms with van der Waals surface area (Å²) in [5.41, 5.74) is 0.312. The number of non-ortho nitro benzene ring substituents is 1. The second kappa shape index (κ2) is 9.39. The number of hydrogen-bond acceptors (Lipinski definition) is 6. The van der Waals surface area contributed by atoms with Crippen LogP contribution in [-0.4, -0.2) is 54.6 Å². The number of nitro benzene ring substituents is 1. The predicted molar refractivity (Wildman–Crippen MR) is 121 cm³/mol. The Morgan fingerprint density at radius 2 is 1.39 bits per heavy atom. The van der Waals surface area contributed by atoms with E-state index in [2.05, 4.69) is 0 Å². The van der Waals surface area contributed by atoms with Crippen LogP contribution in [0.2, 0.25) is 0 Å². The zero-order chi connectivity index (χ0) is 23.4. The number of sulfonamides is 1. The summed E-state index contributed by atoms with van der Waals surface area (Å²) in [5, 5.41) is 10.8. The maximum Gasteiger partial charge on any atom is 0.269 e. The maximum atomic E-state index is 12.9. The van der Waals surface area contributed by atoms with Crippen molar-refractivity contribution in [3.63, 3.8) is 0 Å². The van der Waals surface area contributed by atoms with E-state index >= 15 is 0 Å². The molecule has 0 aliphatic carbocycles. The van der Waals surface area contributed by atoms with Crippen LogP contribution in [-0.2, 0) is 10.0 Å². The third-order valence-electron chi connectivity index (χ3n) is 5.29. The quantitative estimate of drug-likeness (QED) is 0.405. The molecule has 1 aliphatic rings. The Balaban J connectivity index is 1.37. The Bertz CT molecular complexity index is 1240. The van der Waals surface area contributed by atoms with Crippen LogP contribution in [0, 0.1) is 10.1 Å². The van der Waals surface area contributed by atoms with Crippen molar-refractivity contribution >= 4 is 21.6 Å². The summed E-state index contributed by atoms with van der Waals surface area (Å²) < 4.78 is 32.7. The molecule has 1 amide bonds. The van der Waals surface area contributed by atoms with Gasteiger partial charge in [0.15, 0.2) is 0 Å². The number of rotatable bonds is 6. The minimum Gasteiger partial charge on any atom is -0.457 e. The number of amides is 1. The van der Waals surface area contributed by atoms with Crippen LogP contribution in [0.5, 0.6) is 11.5 Å². The lowest BCUT2D eigenvalue weighted by atomic mass is 10.2. The molecule has 170 valence electrons. The molecule has 1 saturated heterocycles. The van der Waals surface area contributed by atoms with Crippen molar-refractivity contribution < 1.29 is 22.9 Å². The number of para-hydroxylation sites is 1. The lowest BCUT2D eigenvalue weighted by Gasteiger charge is -2.34. The highest BCUT2D eigenvalue weighted by atomic mass is 32.2. The van der Waals surface area contributed by atoms with Crippen LogP contribution in [0.1, 0.15) is 10.4 Å². The molecule has 0 atom stereocenters. The number of nitro groups is 1. The molecule has 0 spiro atoms. The van der Waals surface area contributed by atoms with E-state index < -0.39 is 14.9 Å². The van der Waals surface area contributed by atoms with Gasteiger partial charge >= 0.3 is 0 Å². The average Bonchev–Trinajstić information content (AvgIpc) is 2.85. The molecule has 0 saturated carbocycles. The summed E-state index contributed by atoms with van der Waals surface area (Å²) >= 11 is 0. The summed E-state index contributed by atoms with van der Waals surface area (Å²) in [4.78, 5) is 24.6.